The molecule has 116 valence electrons. The number of fused-ring (bicyclic) bond motifs is 1. The molecule has 1 amide bonds. The summed E-state index contributed by atoms with van der Waals surface area (Å²) in [4.78, 5) is 16.3. The average Bonchev–Trinajstić information content (AvgIpc) is 3.13. The minimum absolute atomic E-state index is 0.0336. The number of thioether (sulfide) groups is 1. The summed E-state index contributed by atoms with van der Waals surface area (Å²) < 4.78 is 5.10. The number of hydrogen-bond donors (Lipinski definition) is 1. The van der Waals surface area contributed by atoms with Crippen LogP contribution in [0.1, 0.15) is 41.6 Å². The fraction of sp³-hybridized carbons (Fsp3) is 0.438. The van der Waals surface area contributed by atoms with Crippen molar-refractivity contribution in [1.82, 2.24) is 15.5 Å². The number of carbonyl (C=O) groups excluding carboxylic acids is 1. The Hall–Kier alpha value is -1.82. The lowest BCUT2D eigenvalue weighted by Gasteiger charge is -2.10. The lowest BCUT2D eigenvalue weighted by molar-refractivity contribution is -0.121. The molecule has 0 fully saturated rings. The van der Waals surface area contributed by atoms with Gasteiger partial charge in [0.25, 0.3) is 0 Å². The summed E-state index contributed by atoms with van der Waals surface area (Å²) in [7, 11) is 0. The van der Waals surface area contributed by atoms with E-state index in [1.807, 2.05) is 12.3 Å². The molecule has 22 heavy (non-hydrogen) atoms. The Labute approximate surface area is 133 Å². The first-order valence-electron chi connectivity index (χ1n) is 7.41. The Kier molecular flexibility index (Phi) is 4.77. The van der Waals surface area contributed by atoms with E-state index >= 15 is 0 Å². The van der Waals surface area contributed by atoms with Gasteiger partial charge in [0.1, 0.15) is 0 Å². The fourth-order valence-corrected chi connectivity index (χ4v) is 3.25. The zero-order valence-electron chi connectivity index (χ0n) is 12.5. The summed E-state index contributed by atoms with van der Waals surface area (Å²) >= 11 is 1.63. The molecular formula is C16H19N3O2S. The molecule has 0 saturated carbocycles. The van der Waals surface area contributed by atoms with Gasteiger partial charge in [-0.3, -0.25) is 4.79 Å². The average molecular weight is 317 g/mol. The van der Waals surface area contributed by atoms with Gasteiger partial charge in [0.05, 0.1) is 12.3 Å². The van der Waals surface area contributed by atoms with Crippen LogP contribution in [0.4, 0.5) is 0 Å². The van der Waals surface area contributed by atoms with Crippen LogP contribution in [0, 0.1) is 0 Å². The second-order valence-corrected chi connectivity index (χ2v) is 6.32. The van der Waals surface area contributed by atoms with Crippen LogP contribution in [0.3, 0.4) is 0 Å². The van der Waals surface area contributed by atoms with Gasteiger partial charge in [-0.25, -0.2) is 0 Å². The van der Waals surface area contributed by atoms with Gasteiger partial charge < -0.3 is 9.84 Å². The summed E-state index contributed by atoms with van der Waals surface area (Å²) in [6.45, 7) is 0.300. The number of carbonyl (C=O) groups is 1. The van der Waals surface area contributed by atoms with E-state index in [1.165, 1.54) is 11.1 Å². The van der Waals surface area contributed by atoms with Crippen LogP contribution in [0.2, 0.25) is 0 Å². The van der Waals surface area contributed by atoms with Crippen LogP contribution >= 0.6 is 11.8 Å². The number of aromatic nitrogens is 2. The van der Waals surface area contributed by atoms with Crippen molar-refractivity contribution < 1.29 is 9.32 Å². The van der Waals surface area contributed by atoms with Gasteiger partial charge in [-0.1, -0.05) is 29.4 Å². The van der Waals surface area contributed by atoms with Crippen molar-refractivity contribution in [3.05, 3.63) is 47.1 Å². The third kappa shape index (κ3) is 3.50. The zero-order chi connectivity index (χ0) is 15.4. The van der Waals surface area contributed by atoms with Crippen molar-refractivity contribution >= 4 is 17.7 Å². The number of nitrogens with zero attached hydrogens (tertiary/aromatic N) is 2. The Morgan fingerprint density at radius 2 is 2.32 bits per heavy atom. The largest absolute Gasteiger partial charge is 0.347 e. The maximum atomic E-state index is 12.1. The van der Waals surface area contributed by atoms with Crippen molar-refractivity contribution in [2.45, 2.75) is 37.5 Å². The van der Waals surface area contributed by atoms with Gasteiger partial charge in [-0.2, -0.15) is 16.7 Å². The highest BCUT2D eigenvalue weighted by Gasteiger charge is 2.24. The maximum Gasteiger partial charge on any atom is 0.246 e. The molecule has 3 rings (SSSR count). The van der Waals surface area contributed by atoms with E-state index in [-0.39, 0.29) is 5.91 Å². The quantitative estimate of drug-likeness (QED) is 0.887. The molecule has 0 aliphatic heterocycles. The zero-order valence-corrected chi connectivity index (χ0v) is 13.4. The molecular weight excluding hydrogens is 298 g/mol. The number of nitrogens with one attached hydrogen (secondary N) is 1. The van der Waals surface area contributed by atoms with Crippen molar-refractivity contribution in [1.29, 1.82) is 0 Å². The number of amides is 1. The molecule has 0 saturated heterocycles. The number of hydrogen-bond acceptors (Lipinski definition) is 5. The van der Waals surface area contributed by atoms with Crippen molar-refractivity contribution in [3.8, 4) is 0 Å². The van der Waals surface area contributed by atoms with E-state index in [1.54, 1.807) is 11.8 Å². The predicted molar refractivity (Wildman–Crippen MR) is 85.5 cm³/mol. The first-order chi connectivity index (χ1) is 10.8. The maximum absolute atomic E-state index is 12.1. The SMILES string of the molecule is CSCc1noc(CNC(=O)C[C@H]2CCc3ccccc32)n1. The van der Waals surface area contributed by atoms with Gasteiger partial charge in [0, 0.05) is 6.42 Å². The molecule has 1 atom stereocenters. The number of aryl methyl sites for hydroxylation is 1. The summed E-state index contributed by atoms with van der Waals surface area (Å²) in [6, 6.07) is 8.38. The van der Waals surface area contributed by atoms with Crippen LogP contribution in [0.5, 0.6) is 0 Å². The lowest BCUT2D eigenvalue weighted by atomic mass is 9.97. The molecule has 1 heterocycles. The molecule has 1 aromatic heterocycles. The van der Waals surface area contributed by atoms with Crippen LogP contribution < -0.4 is 5.32 Å². The lowest BCUT2D eigenvalue weighted by Crippen LogP contribution is -2.24. The van der Waals surface area contributed by atoms with Crippen LogP contribution in [0.25, 0.3) is 0 Å². The molecule has 1 aliphatic carbocycles. The van der Waals surface area contributed by atoms with E-state index in [4.69, 9.17) is 4.52 Å². The van der Waals surface area contributed by atoms with Crippen molar-refractivity contribution in [2.75, 3.05) is 6.26 Å². The van der Waals surface area contributed by atoms with Gasteiger partial charge in [0.15, 0.2) is 5.82 Å². The summed E-state index contributed by atoms with van der Waals surface area (Å²) in [5.74, 6) is 2.21. The molecule has 5 nitrogen and oxygen atoms in total. The van der Waals surface area contributed by atoms with Crippen LogP contribution in [-0.4, -0.2) is 22.3 Å². The number of rotatable bonds is 6. The van der Waals surface area contributed by atoms with E-state index in [0.717, 1.165) is 18.6 Å². The smallest absolute Gasteiger partial charge is 0.246 e. The highest BCUT2D eigenvalue weighted by molar-refractivity contribution is 7.97. The van der Waals surface area contributed by atoms with E-state index in [9.17, 15) is 4.79 Å². The van der Waals surface area contributed by atoms with Gasteiger partial charge in [-0.05, 0) is 36.1 Å². The molecule has 0 bridgehead atoms. The normalized spacial score (nSPS) is 16.5. The molecule has 6 heteroatoms. The first-order valence-corrected chi connectivity index (χ1v) is 8.80. The molecule has 1 aromatic carbocycles. The Morgan fingerprint density at radius 1 is 1.45 bits per heavy atom. The second kappa shape index (κ2) is 6.96. The highest BCUT2D eigenvalue weighted by atomic mass is 32.2. The van der Waals surface area contributed by atoms with Gasteiger partial charge in [-0.15, -0.1) is 0 Å². The van der Waals surface area contributed by atoms with E-state index in [0.29, 0.717) is 30.6 Å². The second-order valence-electron chi connectivity index (χ2n) is 5.45. The molecule has 1 N–H and O–H groups in total. The van der Waals surface area contributed by atoms with Crippen molar-refractivity contribution in [3.63, 3.8) is 0 Å². The standard InChI is InChI=1S/C16H19N3O2S/c1-22-10-14-18-16(21-19-14)9-17-15(20)8-12-7-6-11-4-2-3-5-13(11)12/h2-5,12H,6-10H2,1H3,(H,17,20)/t12-/m1/s1. The van der Waals surface area contributed by atoms with E-state index in [2.05, 4.69) is 33.7 Å². The predicted octanol–water partition coefficient (Wildman–Crippen LogP) is 2.67. The van der Waals surface area contributed by atoms with Crippen LogP contribution in [-0.2, 0) is 23.5 Å². The molecule has 0 unspecified atom stereocenters. The Morgan fingerprint density at radius 3 is 3.18 bits per heavy atom. The van der Waals surface area contributed by atoms with E-state index < -0.39 is 0 Å². The fourth-order valence-electron chi connectivity index (χ4n) is 2.88. The molecule has 0 spiro atoms. The van der Waals surface area contributed by atoms with Crippen molar-refractivity contribution in [2.24, 2.45) is 0 Å². The van der Waals surface area contributed by atoms with Gasteiger partial charge in [0.2, 0.25) is 11.8 Å². The first kappa shape index (κ1) is 15.1. The summed E-state index contributed by atoms with van der Waals surface area (Å²) in [6.07, 6.45) is 4.61. The topological polar surface area (TPSA) is 68.0 Å². The Bertz CT molecular complexity index is 656. The molecule has 0 radical (unpaired) electrons. The minimum Gasteiger partial charge on any atom is -0.347 e. The minimum atomic E-state index is 0.0336. The third-order valence-electron chi connectivity index (χ3n) is 3.91. The molecule has 1 aliphatic rings. The summed E-state index contributed by atoms with van der Waals surface area (Å²) in [5, 5.41) is 6.73. The highest BCUT2D eigenvalue weighted by Crippen LogP contribution is 2.35. The molecule has 2 aromatic rings. The monoisotopic (exact) mass is 317 g/mol. The third-order valence-corrected chi connectivity index (χ3v) is 4.46. The van der Waals surface area contributed by atoms with Crippen LogP contribution in [0.15, 0.2) is 28.8 Å². The van der Waals surface area contributed by atoms with Gasteiger partial charge >= 0.3 is 0 Å². The summed E-state index contributed by atoms with van der Waals surface area (Å²) in [5.41, 5.74) is 2.69. The number of benzene rings is 1. The Balaban J connectivity index is 1.51.